The van der Waals surface area contributed by atoms with Crippen molar-refractivity contribution in [1.29, 1.82) is 0 Å². The average Bonchev–Trinajstić information content (AvgIpc) is 3.76. The number of rotatable bonds is 12. The summed E-state index contributed by atoms with van der Waals surface area (Å²) in [6, 6.07) is 16.9. The molecule has 0 bridgehead atoms. The van der Waals surface area contributed by atoms with E-state index in [9.17, 15) is 14.4 Å². The van der Waals surface area contributed by atoms with Crippen molar-refractivity contribution in [3.63, 3.8) is 0 Å². The number of nitrogens with zero attached hydrogens (tertiary/aromatic N) is 3. The van der Waals surface area contributed by atoms with Crippen LogP contribution in [0, 0.1) is 0 Å². The van der Waals surface area contributed by atoms with Gasteiger partial charge in [-0.3, -0.25) is 18.8 Å². The third-order valence-electron chi connectivity index (χ3n) is 9.45. The van der Waals surface area contributed by atoms with E-state index < -0.39 is 0 Å². The van der Waals surface area contributed by atoms with Gasteiger partial charge in [0, 0.05) is 96.9 Å². The van der Waals surface area contributed by atoms with Crippen LogP contribution in [-0.4, -0.2) is 58.5 Å². The molecule has 2 atom stereocenters. The fourth-order valence-corrected chi connectivity index (χ4v) is 7.61. The third kappa shape index (κ3) is 7.51. The van der Waals surface area contributed by atoms with Crippen LogP contribution in [0.4, 0.5) is 0 Å². The summed E-state index contributed by atoms with van der Waals surface area (Å²) in [5, 5.41) is 13.9. The molecular formula is C38H36Cl3N7O4. The van der Waals surface area contributed by atoms with E-state index in [0.29, 0.717) is 99.1 Å². The maximum Gasteiger partial charge on any atom is 0.262 e. The Hall–Kier alpha value is -4.52. The Labute approximate surface area is 315 Å². The highest BCUT2D eigenvalue weighted by molar-refractivity contribution is 6.39. The van der Waals surface area contributed by atoms with Crippen molar-refractivity contribution in [2.75, 3.05) is 20.2 Å². The summed E-state index contributed by atoms with van der Waals surface area (Å²) in [5.41, 5.74) is 5.69. The third-order valence-corrected chi connectivity index (χ3v) is 10.6. The molecule has 2 saturated heterocycles. The number of hydrogen-bond donors (Lipinski definition) is 4. The molecule has 14 heteroatoms. The van der Waals surface area contributed by atoms with E-state index in [2.05, 4.69) is 26.3 Å². The zero-order chi connectivity index (χ0) is 36.4. The first kappa shape index (κ1) is 35.9. The minimum absolute atomic E-state index is 0.0564. The summed E-state index contributed by atoms with van der Waals surface area (Å²) in [7, 11) is 1.54. The molecule has 2 fully saturated rings. The fraction of sp³-hybridized carbons (Fsp3) is 0.289. The number of ether oxygens (including phenoxy) is 1. The molecule has 0 aliphatic carbocycles. The molecule has 0 unspecified atom stereocenters. The Kier molecular flexibility index (Phi) is 10.8. The first-order valence-electron chi connectivity index (χ1n) is 17.0. The van der Waals surface area contributed by atoms with Gasteiger partial charge in [-0.1, -0.05) is 71.2 Å². The molecule has 11 nitrogen and oxygen atoms in total. The second-order valence-corrected chi connectivity index (χ2v) is 14.1. The first-order chi connectivity index (χ1) is 25.2. The quantitative estimate of drug-likeness (QED) is 0.125. The Morgan fingerprint density at radius 3 is 2.08 bits per heavy atom. The lowest BCUT2D eigenvalue weighted by molar-refractivity contribution is -0.120. The fourth-order valence-electron chi connectivity index (χ4n) is 6.70. The molecule has 3 aromatic heterocycles. The Balaban J connectivity index is 1.12. The maximum absolute atomic E-state index is 13.3. The number of carbonyl (C=O) groups is 2. The number of carbonyl (C=O) groups excluding carboxylic acids is 2. The van der Waals surface area contributed by atoms with Gasteiger partial charge in [-0.15, -0.1) is 0 Å². The molecule has 5 heterocycles. The lowest BCUT2D eigenvalue weighted by Crippen LogP contribution is -2.36. The maximum atomic E-state index is 13.3. The molecule has 2 aromatic carbocycles. The summed E-state index contributed by atoms with van der Waals surface area (Å²) in [4.78, 5) is 45.6. The molecule has 268 valence electrons. The van der Waals surface area contributed by atoms with Gasteiger partial charge in [0.15, 0.2) is 0 Å². The van der Waals surface area contributed by atoms with Crippen molar-refractivity contribution < 1.29 is 14.3 Å². The number of amides is 2. The van der Waals surface area contributed by atoms with Gasteiger partial charge in [-0.2, -0.15) is 0 Å². The zero-order valence-electron chi connectivity index (χ0n) is 28.3. The van der Waals surface area contributed by atoms with Gasteiger partial charge in [-0.25, -0.2) is 9.97 Å². The molecule has 0 spiro atoms. The summed E-state index contributed by atoms with van der Waals surface area (Å²) >= 11 is 21.0. The Morgan fingerprint density at radius 1 is 0.827 bits per heavy atom. The van der Waals surface area contributed by atoms with Crippen molar-refractivity contribution in [3.8, 4) is 39.4 Å². The van der Waals surface area contributed by atoms with Crippen LogP contribution in [0.2, 0.25) is 15.1 Å². The van der Waals surface area contributed by atoms with Crippen LogP contribution in [-0.2, 0) is 22.7 Å². The van der Waals surface area contributed by atoms with E-state index in [1.807, 2.05) is 48.5 Å². The molecule has 4 N–H and O–H groups in total. The van der Waals surface area contributed by atoms with Crippen molar-refractivity contribution in [2.24, 2.45) is 0 Å². The van der Waals surface area contributed by atoms with E-state index in [4.69, 9.17) is 44.5 Å². The highest BCUT2D eigenvalue weighted by atomic mass is 35.5. The number of methoxy groups -OCH3 is 1. The van der Waals surface area contributed by atoms with Crippen molar-refractivity contribution in [2.45, 2.75) is 50.9 Å². The topological polar surface area (TPSA) is 139 Å². The number of pyridine rings is 2. The molecule has 52 heavy (non-hydrogen) atoms. The van der Waals surface area contributed by atoms with Crippen LogP contribution < -0.4 is 31.6 Å². The van der Waals surface area contributed by atoms with Gasteiger partial charge < -0.3 is 26.0 Å². The highest BCUT2D eigenvalue weighted by Gasteiger charge is 2.23. The van der Waals surface area contributed by atoms with Crippen LogP contribution in [0.15, 0.2) is 71.8 Å². The minimum Gasteiger partial charge on any atom is -0.481 e. The van der Waals surface area contributed by atoms with Gasteiger partial charge in [-0.05, 0) is 36.6 Å². The van der Waals surface area contributed by atoms with Gasteiger partial charge in [0.2, 0.25) is 17.7 Å². The minimum atomic E-state index is -0.170. The van der Waals surface area contributed by atoms with Crippen LogP contribution in [0.3, 0.4) is 0 Å². The number of nitrogens with one attached hydrogen (secondary N) is 4. The van der Waals surface area contributed by atoms with Crippen LogP contribution in [0.25, 0.3) is 39.2 Å². The van der Waals surface area contributed by atoms with E-state index in [0.717, 1.165) is 24.0 Å². The zero-order valence-corrected chi connectivity index (χ0v) is 30.5. The van der Waals surface area contributed by atoms with Crippen LogP contribution >= 0.6 is 34.8 Å². The van der Waals surface area contributed by atoms with E-state index in [1.165, 1.54) is 4.40 Å². The number of benzene rings is 2. The number of aromatic nitrogens is 3. The summed E-state index contributed by atoms with van der Waals surface area (Å²) in [5.74, 6) is 0.497. The molecule has 7 rings (SSSR count). The Morgan fingerprint density at radius 2 is 1.44 bits per heavy atom. The summed E-state index contributed by atoms with van der Waals surface area (Å²) < 4.78 is 7.15. The van der Waals surface area contributed by atoms with Gasteiger partial charge in [0.1, 0.15) is 5.65 Å². The van der Waals surface area contributed by atoms with Crippen LogP contribution in [0.1, 0.15) is 36.8 Å². The molecule has 0 saturated carbocycles. The van der Waals surface area contributed by atoms with Crippen molar-refractivity contribution in [3.05, 3.63) is 104 Å². The number of halogens is 3. The lowest BCUT2D eigenvalue weighted by Gasteiger charge is -2.17. The molecule has 0 radical (unpaired) electrons. The second kappa shape index (κ2) is 15.6. The average molecular weight is 761 g/mol. The predicted molar refractivity (Wildman–Crippen MR) is 203 cm³/mol. The molecule has 5 aromatic rings. The standard InChI is InChI=1S/C38H36Cl3N7O4/c1-52-37-29(20-43-19-24-9-11-34(50)46-24)30(39)15-31(47-37)28-7-3-6-27(36(28)41)26-5-2-4-25(35(26)40)21-12-13-48-32(14-21)44-17-22(38(48)51)16-42-18-23-8-10-33(49)45-23/h2-7,12-15,17,23-24,42-43H,8-11,16,18-20H2,1H3,(H,45,49)(H,46,50)/t23-,24-/m1/s1. The number of hydrogen-bond acceptors (Lipinski definition) is 8. The summed E-state index contributed by atoms with van der Waals surface area (Å²) in [6.07, 6.45) is 5.93. The largest absolute Gasteiger partial charge is 0.481 e. The lowest BCUT2D eigenvalue weighted by atomic mass is 9.97. The van der Waals surface area contributed by atoms with Gasteiger partial charge in [0.25, 0.3) is 5.56 Å². The molecular weight excluding hydrogens is 725 g/mol. The normalized spacial score (nSPS) is 17.1. The monoisotopic (exact) mass is 759 g/mol. The second-order valence-electron chi connectivity index (χ2n) is 12.9. The molecule has 2 aliphatic rings. The predicted octanol–water partition coefficient (Wildman–Crippen LogP) is 5.80. The Bertz CT molecular complexity index is 2250. The molecule has 2 aliphatic heterocycles. The van der Waals surface area contributed by atoms with Crippen molar-refractivity contribution in [1.82, 2.24) is 35.6 Å². The van der Waals surface area contributed by atoms with E-state index >= 15 is 0 Å². The summed E-state index contributed by atoms with van der Waals surface area (Å²) in [6.45, 7) is 1.95. The first-order valence-corrected chi connectivity index (χ1v) is 18.2. The van der Waals surface area contributed by atoms with E-state index in [1.54, 1.807) is 25.6 Å². The van der Waals surface area contributed by atoms with Gasteiger partial charge in [0.05, 0.1) is 27.9 Å². The van der Waals surface area contributed by atoms with Gasteiger partial charge >= 0.3 is 0 Å². The number of fused-ring (bicyclic) bond motifs is 1. The highest BCUT2D eigenvalue weighted by Crippen LogP contribution is 2.43. The molecule has 2 amide bonds. The SMILES string of the molecule is COc1nc(-c2cccc(-c3cccc(-c4ccn5c(=O)c(CNC[C@H]6CCC(=O)N6)cnc5c4)c3Cl)c2Cl)cc(Cl)c1CNC[C@H]1CCC(=O)N1. The van der Waals surface area contributed by atoms with Crippen molar-refractivity contribution >= 4 is 52.3 Å². The van der Waals surface area contributed by atoms with Crippen LogP contribution in [0.5, 0.6) is 5.88 Å². The van der Waals surface area contributed by atoms with E-state index in [-0.39, 0.29) is 29.5 Å². The smallest absolute Gasteiger partial charge is 0.262 e.